The van der Waals surface area contributed by atoms with Crippen molar-refractivity contribution in [1.82, 2.24) is 14.5 Å². The number of likely N-dealkylation sites (tertiary alicyclic amines) is 1. The molecule has 2 atom stereocenters. The van der Waals surface area contributed by atoms with Crippen molar-refractivity contribution in [2.45, 2.75) is 69.0 Å². The molecule has 0 saturated carbocycles. The van der Waals surface area contributed by atoms with Crippen LogP contribution in [-0.4, -0.2) is 60.9 Å². The molecule has 2 amide bonds. The molecule has 2 aromatic carbocycles. The predicted octanol–water partition coefficient (Wildman–Crippen LogP) is 4.34. The number of alkyl carbamates (subject to hydrolysis) is 1. The van der Waals surface area contributed by atoms with Crippen LogP contribution in [0.25, 0.3) is 0 Å². The van der Waals surface area contributed by atoms with Gasteiger partial charge in [-0.2, -0.15) is 4.31 Å². The number of benzene rings is 2. The average Bonchev–Trinajstić information content (AvgIpc) is 2.88. The van der Waals surface area contributed by atoms with Crippen LogP contribution in [0.2, 0.25) is 0 Å². The van der Waals surface area contributed by atoms with Crippen LogP contribution in [0.3, 0.4) is 0 Å². The van der Waals surface area contributed by atoms with E-state index in [1.165, 1.54) is 4.31 Å². The third-order valence-electron chi connectivity index (χ3n) is 6.95. The van der Waals surface area contributed by atoms with Crippen LogP contribution in [0.15, 0.2) is 65.6 Å². The fourth-order valence-corrected chi connectivity index (χ4v) is 6.83. The lowest BCUT2D eigenvalue weighted by Gasteiger charge is -2.41. The zero-order valence-corrected chi connectivity index (χ0v) is 22.6. The van der Waals surface area contributed by atoms with Gasteiger partial charge in [0.1, 0.15) is 5.60 Å². The van der Waals surface area contributed by atoms with Crippen LogP contribution < -0.4 is 5.32 Å². The monoisotopic (exact) mass is 527 g/mol. The second-order valence-corrected chi connectivity index (χ2v) is 12.7. The Kier molecular flexibility index (Phi) is 8.23. The molecule has 2 saturated heterocycles. The Morgan fingerprint density at radius 2 is 1.49 bits per heavy atom. The van der Waals surface area contributed by atoms with Gasteiger partial charge in [0, 0.05) is 25.7 Å². The standard InChI is InChI=1S/C28H37N3O5S/c1-28(2,3)36-27(33)29-23-16-18-30(19-17-23)26(32)22-14-15-25(21-10-6-4-7-11-21)31(20-22)37(34,35)24-12-8-5-9-13-24/h4-13,22-23,25H,14-20H2,1-3H3,(H,29,33)/t22-,25-/m1/s1. The molecule has 37 heavy (non-hydrogen) atoms. The van der Waals surface area contributed by atoms with Crippen molar-refractivity contribution < 1.29 is 22.7 Å². The largest absolute Gasteiger partial charge is 0.444 e. The molecule has 0 aromatic heterocycles. The number of rotatable bonds is 5. The molecule has 8 nitrogen and oxygen atoms in total. The predicted molar refractivity (Wildman–Crippen MR) is 141 cm³/mol. The minimum atomic E-state index is -3.79. The number of nitrogens with one attached hydrogen (secondary N) is 1. The van der Waals surface area contributed by atoms with Gasteiger partial charge in [0.05, 0.1) is 16.9 Å². The highest BCUT2D eigenvalue weighted by Gasteiger charge is 2.41. The van der Waals surface area contributed by atoms with E-state index in [9.17, 15) is 18.0 Å². The first-order chi connectivity index (χ1) is 17.5. The molecule has 200 valence electrons. The van der Waals surface area contributed by atoms with Crippen molar-refractivity contribution in [3.63, 3.8) is 0 Å². The maximum Gasteiger partial charge on any atom is 0.407 e. The highest BCUT2D eigenvalue weighted by molar-refractivity contribution is 7.89. The summed E-state index contributed by atoms with van der Waals surface area (Å²) in [5, 5.41) is 2.90. The van der Waals surface area contributed by atoms with E-state index in [1.54, 1.807) is 30.3 Å². The van der Waals surface area contributed by atoms with Gasteiger partial charge in [0.2, 0.25) is 15.9 Å². The van der Waals surface area contributed by atoms with Crippen LogP contribution in [0.1, 0.15) is 58.1 Å². The molecule has 2 aromatic rings. The smallest absolute Gasteiger partial charge is 0.407 e. The van der Waals surface area contributed by atoms with Crippen molar-refractivity contribution in [2.75, 3.05) is 19.6 Å². The highest BCUT2D eigenvalue weighted by atomic mass is 32.2. The number of nitrogens with zero attached hydrogens (tertiary/aromatic N) is 2. The molecule has 0 bridgehead atoms. The summed E-state index contributed by atoms with van der Waals surface area (Å²) in [5.41, 5.74) is 0.368. The number of hydrogen-bond donors (Lipinski definition) is 1. The molecule has 0 radical (unpaired) electrons. The summed E-state index contributed by atoms with van der Waals surface area (Å²) in [6.07, 6.45) is 2.02. The lowest BCUT2D eigenvalue weighted by atomic mass is 9.89. The minimum Gasteiger partial charge on any atom is -0.444 e. The Hall–Kier alpha value is -2.91. The Morgan fingerprint density at radius 3 is 2.08 bits per heavy atom. The number of hydrogen-bond acceptors (Lipinski definition) is 5. The van der Waals surface area contributed by atoms with Gasteiger partial charge < -0.3 is 15.0 Å². The van der Waals surface area contributed by atoms with Crippen LogP contribution in [-0.2, 0) is 19.6 Å². The Morgan fingerprint density at radius 1 is 0.892 bits per heavy atom. The number of sulfonamides is 1. The van der Waals surface area contributed by atoms with Gasteiger partial charge in [0.25, 0.3) is 0 Å². The number of ether oxygens (including phenoxy) is 1. The summed E-state index contributed by atoms with van der Waals surface area (Å²) in [6.45, 7) is 6.64. The van der Waals surface area contributed by atoms with E-state index < -0.39 is 27.6 Å². The molecular weight excluding hydrogens is 490 g/mol. The Bertz CT molecular complexity index is 1170. The quantitative estimate of drug-likeness (QED) is 0.624. The molecule has 1 N–H and O–H groups in total. The van der Waals surface area contributed by atoms with Crippen LogP contribution in [0.4, 0.5) is 4.79 Å². The molecule has 0 spiro atoms. The van der Waals surface area contributed by atoms with Gasteiger partial charge in [-0.1, -0.05) is 48.5 Å². The molecular formula is C28H37N3O5S. The van der Waals surface area contributed by atoms with Crippen LogP contribution >= 0.6 is 0 Å². The molecule has 2 aliphatic rings. The normalized spacial score (nSPS) is 21.9. The van der Waals surface area contributed by atoms with Crippen LogP contribution in [0.5, 0.6) is 0 Å². The topological polar surface area (TPSA) is 96.0 Å². The lowest BCUT2D eigenvalue weighted by Crippen LogP contribution is -2.52. The SMILES string of the molecule is CC(C)(C)OC(=O)NC1CCN(C(=O)[C@@H]2CC[C@H](c3ccccc3)N(S(=O)(=O)c3ccccc3)C2)CC1. The summed E-state index contributed by atoms with van der Waals surface area (Å²) in [5.74, 6) is -0.427. The number of piperidine rings is 2. The summed E-state index contributed by atoms with van der Waals surface area (Å²) in [7, 11) is -3.79. The third kappa shape index (κ3) is 6.70. The zero-order chi connectivity index (χ0) is 26.6. The second-order valence-electron chi connectivity index (χ2n) is 10.8. The summed E-state index contributed by atoms with van der Waals surface area (Å²) in [6, 6.07) is 17.7. The van der Waals surface area contributed by atoms with Crippen molar-refractivity contribution in [2.24, 2.45) is 5.92 Å². The number of amides is 2. The van der Waals surface area contributed by atoms with Gasteiger partial charge in [0.15, 0.2) is 0 Å². The molecule has 2 heterocycles. The Labute approximate surface area is 220 Å². The minimum absolute atomic E-state index is 0.0181. The van der Waals surface area contributed by atoms with Gasteiger partial charge >= 0.3 is 6.09 Å². The first-order valence-electron chi connectivity index (χ1n) is 12.9. The van der Waals surface area contributed by atoms with Crippen LogP contribution in [0, 0.1) is 5.92 Å². The maximum atomic E-state index is 13.7. The summed E-state index contributed by atoms with van der Waals surface area (Å²) in [4.78, 5) is 27.7. The molecule has 2 fully saturated rings. The molecule has 2 aliphatic heterocycles. The number of carbonyl (C=O) groups is 2. The zero-order valence-electron chi connectivity index (χ0n) is 21.8. The van der Waals surface area contributed by atoms with Gasteiger partial charge in [-0.3, -0.25) is 4.79 Å². The average molecular weight is 528 g/mol. The van der Waals surface area contributed by atoms with Crippen molar-refractivity contribution in [3.8, 4) is 0 Å². The fourth-order valence-electron chi connectivity index (χ4n) is 5.12. The van der Waals surface area contributed by atoms with E-state index in [0.29, 0.717) is 38.8 Å². The molecule has 0 aliphatic carbocycles. The fraction of sp³-hybridized carbons (Fsp3) is 0.500. The first kappa shape index (κ1) is 27.1. The van der Waals surface area contributed by atoms with E-state index in [4.69, 9.17) is 4.74 Å². The lowest BCUT2D eigenvalue weighted by molar-refractivity contribution is -0.138. The van der Waals surface area contributed by atoms with Gasteiger partial charge in [-0.15, -0.1) is 0 Å². The van der Waals surface area contributed by atoms with E-state index >= 15 is 0 Å². The summed E-state index contributed by atoms with van der Waals surface area (Å²) >= 11 is 0. The third-order valence-corrected chi connectivity index (χ3v) is 8.84. The maximum absolute atomic E-state index is 13.7. The van der Waals surface area contributed by atoms with Gasteiger partial charge in [-0.05, 0) is 64.2 Å². The Balaban J connectivity index is 1.44. The van der Waals surface area contributed by atoms with E-state index in [0.717, 1.165) is 5.56 Å². The van der Waals surface area contributed by atoms with Gasteiger partial charge in [-0.25, -0.2) is 13.2 Å². The highest BCUT2D eigenvalue weighted by Crippen LogP contribution is 2.38. The van der Waals surface area contributed by atoms with Crippen molar-refractivity contribution in [1.29, 1.82) is 0 Å². The van der Waals surface area contributed by atoms with E-state index in [-0.39, 0.29) is 29.4 Å². The molecule has 0 unspecified atom stereocenters. The molecule has 4 rings (SSSR count). The first-order valence-corrected chi connectivity index (χ1v) is 14.4. The van der Waals surface area contributed by atoms with E-state index in [2.05, 4.69) is 5.32 Å². The molecule has 9 heteroatoms. The van der Waals surface area contributed by atoms with E-state index in [1.807, 2.05) is 56.0 Å². The number of carbonyl (C=O) groups excluding carboxylic acids is 2. The second kappa shape index (κ2) is 11.2. The summed E-state index contributed by atoms with van der Waals surface area (Å²) < 4.78 is 34.3. The van der Waals surface area contributed by atoms with Crippen molar-refractivity contribution in [3.05, 3.63) is 66.2 Å². The van der Waals surface area contributed by atoms with Crippen molar-refractivity contribution >= 4 is 22.0 Å².